The summed E-state index contributed by atoms with van der Waals surface area (Å²) >= 11 is 3.18. The van der Waals surface area contributed by atoms with Crippen molar-refractivity contribution in [3.05, 3.63) is 47.5 Å². The molecular weight excluding hydrogens is 264 g/mol. The minimum absolute atomic E-state index is 0.0147. The van der Waals surface area contributed by atoms with E-state index in [1.807, 2.05) is 35.4 Å². The fraction of sp³-hybridized carbons (Fsp3) is 0.231. The molecule has 0 N–H and O–H groups in total. The summed E-state index contributed by atoms with van der Waals surface area (Å²) in [5, 5.41) is 2.71. The molecule has 1 aromatic carbocycles. The molecule has 3 rings (SSSR count). The van der Waals surface area contributed by atoms with Gasteiger partial charge in [0.25, 0.3) is 0 Å². The van der Waals surface area contributed by atoms with E-state index in [0.717, 1.165) is 10.7 Å². The molecule has 0 aliphatic carbocycles. The second-order valence-electron chi connectivity index (χ2n) is 4.06. The summed E-state index contributed by atoms with van der Waals surface area (Å²) in [6.07, 6.45) is 1.74. The van der Waals surface area contributed by atoms with Gasteiger partial charge in [-0.3, -0.25) is 9.69 Å². The van der Waals surface area contributed by atoms with Gasteiger partial charge in [-0.05, 0) is 12.5 Å². The predicted molar refractivity (Wildman–Crippen MR) is 75.8 cm³/mol. The lowest BCUT2D eigenvalue weighted by molar-refractivity contribution is -0.117. The molecule has 18 heavy (non-hydrogen) atoms. The van der Waals surface area contributed by atoms with Crippen molar-refractivity contribution in [3.8, 4) is 0 Å². The number of rotatable bonds is 2. The standard InChI is InChI=1S/C13H12N2OS2/c1-9-11(16)15(13-14-7-8-17-13)12(18-9)10-5-3-2-4-6-10/h2-9,12H,1H3/t9-,12-/m1/s1. The van der Waals surface area contributed by atoms with Crippen molar-refractivity contribution in [2.24, 2.45) is 0 Å². The smallest absolute Gasteiger partial charge is 0.242 e. The summed E-state index contributed by atoms with van der Waals surface area (Å²) in [4.78, 5) is 18.3. The van der Waals surface area contributed by atoms with Gasteiger partial charge in [0.05, 0.1) is 5.25 Å². The summed E-state index contributed by atoms with van der Waals surface area (Å²) in [7, 11) is 0. The van der Waals surface area contributed by atoms with Crippen LogP contribution in [0.15, 0.2) is 41.9 Å². The molecule has 1 aliphatic rings. The number of benzene rings is 1. The first-order valence-electron chi connectivity index (χ1n) is 5.70. The van der Waals surface area contributed by atoms with E-state index in [0.29, 0.717) is 0 Å². The molecule has 1 fully saturated rings. The van der Waals surface area contributed by atoms with Gasteiger partial charge in [0.2, 0.25) is 5.91 Å². The van der Waals surface area contributed by atoms with E-state index in [9.17, 15) is 4.79 Å². The molecule has 0 radical (unpaired) electrons. The fourth-order valence-corrected chi connectivity index (χ4v) is 4.00. The number of anilines is 1. The number of amides is 1. The van der Waals surface area contributed by atoms with Crippen molar-refractivity contribution in [1.82, 2.24) is 4.98 Å². The number of carbonyl (C=O) groups is 1. The van der Waals surface area contributed by atoms with Gasteiger partial charge in [-0.15, -0.1) is 23.1 Å². The van der Waals surface area contributed by atoms with E-state index in [1.165, 1.54) is 11.3 Å². The minimum atomic E-state index is -0.0147. The van der Waals surface area contributed by atoms with Crippen molar-refractivity contribution in [2.45, 2.75) is 17.5 Å². The summed E-state index contributed by atoms with van der Waals surface area (Å²) in [6, 6.07) is 10.1. The third-order valence-corrected chi connectivity index (χ3v) is 4.98. The van der Waals surface area contributed by atoms with Gasteiger partial charge in [0.15, 0.2) is 5.13 Å². The highest BCUT2D eigenvalue weighted by Gasteiger charge is 2.40. The van der Waals surface area contributed by atoms with Gasteiger partial charge in [0.1, 0.15) is 5.37 Å². The Balaban J connectivity index is 2.01. The molecule has 3 nitrogen and oxygen atoms in total. The van der Waals surface area contributed by atoms with Crippen LogP contribution in [-0.4, -0.2) is 16.1 Å². The lowest BCUT2D eigenvalue weighted by Crippen LogP contribution is -2.29. The SMILES string of the molecule is C[C@H]1S[C@H](c2ccccc2)N(c2nccs2)C1=O. The number of carbonyl (C=O) groups excluding carboxylic acids is 1. The maximum Gasteiger partial charge on any atom is 0.242 e. The second kappa shape index (κ2) is 4.74. The Morgan fingerprint density at radius 1 is 1.28 bits per heavy atom. The first kappa shape index (κ1) is 11.7. The van der Waals surface area contributed by atoms with Gasteiger partial charge in [-0.2, -0.15) is 0 Å². The fourth-order valence-electron chi connectivity index (χ4n) is 2.00. The van der Waals surface area contributed by atoms with Crippen LogP contribution in [0.25, 0.3) is 0 Å². The Labute approximate surface area is 114 Å². The quantitative estimate of drug-likeness (QED) is 0.843. The van der Waals surface area contributed by atoms with Crippen LogP contribution in [0.3, 0.4) is 0 Å². The molecule has 92 valence electrons. The van der Waals surface area contributed by atoms with E-state index in [1.54, 1.807) is 18.0 Å². The molecule has 5 heteroatoms. The Bertz CT molecular complexity index is 541. The normalized spacial score (nSPS) is 23.6. The van der Waals surface area contributed by atoms with Gasteiger partial charge in [0, 0.05) is 11.6 Å². The van der Waals surface area contributed by atoms with Gasteiger partial charge in [-0.1, -0.05) is 30.3 Å². The Hall–Kier alpha value is -1.33. The third-order valence-electron chi connectivity index (χ3n) is 2.86. The molecule has 2 atom stereocenters. The number of thioether (sulfide) groups is 1. The van der Waals surface area contributed by atoms with E-state index in [2.05, 4.69) is 17.1 Å². The number of nitrogens with zero attached hydrogens (tertiary/aromatic N) is 2. The molecule has 2 heterocycles. The first-order valence-corrected chi connectivity index (χ1v) is 7.52. The van der Waals surface area contributed by atoms with E-state index in [-0.39, 0.29) is 16.5 Å². The van der Waals surface area contributed by atoms with Crippen molar-refractivity contribution in [1.29, 1.82) is 0 Å². The molecule has 0 saturated carbocycles. The van der Waals surface area contributed by atoms with Crippen LogP contribution >= 0.6 is 23.1 Å². The van der Waals surface area contributed by atoms with E-state index < -0.39 is 0 Å². The van der Waals surface area contributed by atoms with E-state index >= 15 is 0 Å². The maximum absolute atomic E-state index is 12.3. The number of thiazole rings is 1. The van der Waals surface area contributed by atoms with Gasteiger partial charge < -0.3 is 0 Å². The molecule has 1 aromatic heterocycles. The maximum atomic E-state index is 12.3. The zero-order valence-electron chi connectivity index (χ0n) is 9.82. The molecule has 0 spiro atoms. The number of hydrogen-bond acceptors (Lipinski definition) is 4. The average molecular weight is 276 g/mol. The molecule has 1 amide bonds. The Kier molecular flexibility index (Phi) is 3.09. The van der Waals surface area contributed by atoms with Gasteiger partial charge in [-0.25, -0.2) is 4.98 Å². The average Bonchev–Trinajstić information content (AvgIpc) is 3.00. The highest BCUT2D eigenvalue weighted by Crippen LogP contribution is 2.45. The zero-order chi connectivity index (χ0) is 12.5. The van der Waals surface area contributed by atoms with Crippen LogP contribution in [0.5, 0.6) is 0 Å². The topological polar surface area (TPSA) is 33.2 Å². The number of aromatic nitrogens is 1. The Morgan fingerprint density at radius 3 is 2.72 bits per heavy atom. The van der Waals surface area contributed by atoms with Crippen LogP contribution in [-0.2, 0) is 4.79 Å². The molecule has 2 aromatic rings. The molecular formula is C13H12N2OS2. The van der Waals surface area contributed by atoms with E-state index in [4.69, 9.17) is 0 Å². The summed E-state index contributed by atoms with van der Waals surface area (Å²) in [6.45, 7) is 1.95. The molecule has 1 aliphatic heterocycles. The lowest BCUT2D eigenvalue weighted by atomic mass is 10.2. The summed E-state index contributed by atoms with van der Waals surface area (Å²) in [5.41, 5.74) is 1.15. The minimum Gasteiger partial charge on any atom is -0.273 e. The van der Waals surface area contributed by atoms with Crippen LogP contribution in [0, 0.1) is 0 Å². The molecule has 0 bridgehead atoms. The second-order valence-corrected chi connectivity index (χ2v) is 6.36. The highest BCUT2D eigenvalue weighted by molar-refractivity contribution is 8.01. The van der Waals surface area contributed by atoms with Crippen LogP contribution < -0.4 is 4.90 Å². The zero-order valence-corrected chi connectivity index (χ0v) is 11.4. The number of hydrogen-bond donors (Lipinski definition) is 0. The summed E-state index contributed by atoms with van der Waals surface area (Å²) in [5.74, 6) is 0.142. The molecule has 0 unspecified atom stereocenters. The molecule has 1 saturated heterocycles. The van der Waals surface area contributed by atoms with Crippen LogP contribution in [0.4, 0.5) is 5.13 Å². The van der Waals surface area contributed by atoms with Crippen molar-refractivity contribution < 1.29 is 4.79 Å². The van der Waals surface area contributed by atoms with Crippen molar-refractivity contribution in [2.75, 3.05) is 4.90 Å². The lowest BCUT2D eigenvalue weighted by Gasteiger charge is -2.21. The van der Waals surface area contributed by atoms with Gasteiger partial charge >= 0.3 is 0 Å². The monoisotopic (exact) mass is 276 g/mol. The predicted octanol–water partition coefficient (Wildman–Crippen LogP) is 3.31. The van der Waals surface area contributed by atoms with Crippen LogP contribution in [0.2, 0.25) is 0 Å². The first-order chi connectivity index (χ1) is 8.77. The van der Waals surface area contributed by atoms with Crippen molar-refractivity contribution >= 4 is 34.1 Å². The van der Waals surface area contributed by atoms with Crippen LogP contribution in [0.1, 0.15) is 17.9 Å². The third kappa shape index (κ3) is 1.93. The largest absolute Gasteiger partial charge is 0.273 e. The highest BCUT2D eigenvalue weighted by atomic mass is 32.2. The van der Waals surface area contributed by atoms with Crippen molar-refractivity contribution in [3.63, 3.8) is 0 Å². The summed E-state index contributed by atoms with van der Waals surface area (Å²) < 4.78 is 0. The Morgan fingerprint density at radius 2 is 2.06 bits per heavy atom.